The molecule has 2 heteroatoms. The lowest BCUT2D eigenvalue weighted by atomic mass is 9.84. The molecule has 23 heavy (non-hydrogen) atoms. The topological polar surface area (TPSA) is 12.0 Å². The Morgan fingerprint density at radius 1 is 1.04 bits per heavy atom. The van der Waals surface area contributed by atoms with Gasteiger partial charge in [0.15, 0.2) is 0 Å². The van der Waals surface area contributed by atoms with E-state index in [0.717, 1.165) is 5.92 Å². The maximum atomic E-state index is 3.69. The standard InChI is InChI=1S/C21H29NS/c1-17(2)21(19-12-8-5-9-13-19)23(22-3)15-14-20(16-23)18-10-6-4-7-11-18/h5,8-9,12-16,18,22H,4,6-7,10-11H2,1-3H3. The lowest BCUT2D eigenvalue weighted by molar-refractivity contribution is 0.409. The number of hydrogen-bond donors (Lipinski definition) is 1. The van der Waals surface area contributed by atoms with Gasteiger partial charge in [0, 0.05) is 4.91 Å². The summed E-state index contributed by atoms with van der Waals surface area (Å²) < 4.78 is 3.69. The van der Waals surface area contributed by atoms with E-state index in [1.165, 1.54) is 48.1 Å². The Hall–Kier alpha value is -1.25. The molecule has 0 bridgehead atoms. The minimum atomic E-state index is -1.20. The molecule has 1 unspecified atom stereocenters. The summed E-state index contributed by atoms with van der Waals surface area (Å²) in [5.74, 6) is 0.775. The number of benzene rings is 1. The zero-order valence-electron chi connectivity index (χ0n) is 14.6. The molecule has 0 radical (unpaired) electrons. The lowest BCUT2D eigenvalue weighted by Crippen LogP contribution is -2.14. The van der Waals surface area contributed by atoms with Crippen molar-refractivity contribution in [2.45, 2.75) is 46.0 Å². The van der Waals surface area contributed by atoms with Crippen molar-refractivity contribution in [1.29, 1.82) is 0 Å². The smallest absolute Gasteiger partial charge is 0.0156 e. The molecule has 0 amide bonds. The van der Waals surface area contributed by atoms with Crippen molar-refractivity contribution in [2.75, 3.05) is 7.05 Å². The van der Waals surface area contributed by atoms with Crippen LogP contribution in [0.3, 0.4) is 0 Å². The Labute approximate surface area is 143 Å². The van der Waals surface area contributed by atoms with Crippen molar-refractivity contribution in [3.8, 4) is 0 Å². The predicted octanol–water partition coefficient (Wildman–Crippen LogP) is 6.37. The van der Waals surface area contributed by atoms with Crippen LogP contribution in [0.4, 0.5) is 0 Å². The van der Waals surface area contributed by atoms with Gasteiger partial charge in [0.2, 0.25) is 0 Å². The molecule has 3 rings (SSSR count). The molecule has 1 heterocycles. The van der Waals surface area contributed by atoms with Crippen LogP contribution in [0.15, 0.2) is 58.4 Å². The van der Waals surface area contributed by atoms with Gasteiger partial charge in [-0.05, 0) is 61.6 Å². The van der Waals surface area contributed by atoms with E-state index in [1.807, 2.05) is 0 Å². The molecule has 0 spiro atoms. The number of allylic oxidation sites excluding steroid dienone is 3. The first-order valence-corrected chi connectivity index (χ1v) is 10.6. The Bertz CT molecular complexity index is 631. The predicted molar refractivity (Wildman–Crippen MR) is 105 cm³/mol. The molecule has 1 fully saturated rings. The first-order valence-electron chi connectivity index (χ1n) is 8.81. The molecule has 1 aliphatic heterocycles. The molecule has 0 aromatic heterocycles. The summed E-state index contributed by atoms with van der Waals surface area (Å²) in [6.45, 7) is 4.49. The fourth-order valence-electron chi connectivity index (χ4n) is 3.91. The number of hydrogen-bond acceptors (Lipinski definition) is 1. The number of nitrogens with one attached hydrogen (secondary N) is 1. The van der Waals surface area contributed by atoms with E-state index in [0.29, 0.717) is 0 Å². The van der Waals surface area contributed by atoms with Gasteiger partial charge in [-0.1, -0.05) is 61.2 Å². The highest BCUT2D eigenvalue weighted by Gasteiger charge is 2.30. The van der Waals surface area contributed by atoms with Crippen LogP contribution in [-0.4, -0.2) is 7.05 Å². The Kier molecular flexibility index (Phi) is 5.13. The van der Waals surface area contributed by atoms with Gasteiger partial charge < -0.3 is 0 Å². The average molecular weight is 328 g/mol. The van der Waals surface area contributed by atoms with Crippen molar-refractivity contribution < 1.29 is 0 Å². The Morgan fingerprint density at radius 3 is 2.35 bits per heavy atom. The molecule has 1 N–H and O–H groups in total. The first kappa shape index (κ1) is 16.6. The minimum Gasteiger partial charge on any atom is -0.274 e. The van der Waals surface area contributed by atoms with Gasteiger partial charge in [0.25, 0.3) is 0 Å². The van der Waals surface area contributed by atoms with Gasteiger partial charge in [-0.25, -0.2) is 0 Å². The van der Waals surface area contributed by atoms with E-state index < -0.39 is 10.2 Å². The molecule has 1 aromatic carbocycles. The Morgan fingerprint density at radius 2 is 1.74 bits per heavy atom. The zero-order valence-corrected chi connectivity index (χ0v) is 15.5. The molecule has 2 aliphatic rings. The summed E-state index contributed by atoms with van der Waals surface area (Å²) in [5.41, 5.74) is 4.33. The highest BCUT2D eigenvalue weighted by atomic mass is 32.3. The third-order valence-electron chi connectivity index (χ3n) is 5.04. The molecule has 124 valence electrons. The van der Waals surface area contributed by atoms with E-state index >= 15 is 0 Å². The van der Waals surface area contributed by atoms with E-state index in [2.05, 4.69) is 72.8 Å². The fourth-order valence-corrected chi connectivity index (χ4v) is 6.98. The summed E-state index contributed by atoms with van der Waals surface area (Å²) in [6, 6.07) is 10.9. The van der Waals surface area contributed by atoms with Crippen molar-refractivity contribution >= 4 is 15.1 Å². The molecule has 0 saturated heterocycles. The van der Waals surface area contributed by atoms with E-state index in [1.54, 1.807) is 5.57 Å². The SMILES string of the molecule is CNS1(C(=C(C)C)c2ccccc2)C=CC(C2CCCCC2)=C1. The first-order chi connectivity index (χ1) is 11.2. The maximum Gasteiger partial charge on any atom is 0.0156 e. The second-order valence-corrected chi connectivity index (χ2v) is 9.61. The molecular formula is C21H29NS. The van der Waals surface area contributed by atoms with Crippen LogP contribution in [-0.2, 0) is 0 Å². The minimum absolute atomic E-state index is 0.775. The maximum absolute atomic E-state index is 3.69. The van der Waals surface area contributed by atoms with Gasteiger partial charge in [0.05, 0.1) is 0 Å². The fraction of sp³-hybridized carbons (Fsp3) is 0.429. The van der Waals surface area contributed by atoms with Gasteiger partial charge >= 0.3 is 0 Å². The number of rotatable bonds is 4. The van der Waals surface area contributed by atoms with Gasteiger partial charge in [-0.3, -0.25) is 4.72 Å². The van der Waals surface area contributed by atoms with Crippen LogP contribution >= 0.6 is 10.2 Å². The molecule has 1 saturated carbocycles. The zero-order chi connectivity index (χ0) is 16.3. The summed E-state index contributed by atoms with van der Waals surface area (Å²) in [4.78, 5) is 1.47. The summed E-state index contributed by atoms with van der Waals surface area (Å²) in [5, 5.41) is 5.02. The second kappa shape index (κ2) is 7.11. The van der Waals surface area contributed by atoms with Crippen LogP contribution in [0.1, 0.15) is 51.5 Å². The van der Waals surface area contributed by atoms with Crippen LogP contribution in [0, 0.1) is 5.92 Å². The average Bonchev–Trinajstić information content (AvgIpc) is 3.02. The van der Waals surface area contributed by atoms with Gasteiger partial charge in [-0.15, -0.1) is 10.2 Å². The quantitative estimate of drug-likeness (QED) is 0.677. The van der Waals surface area contributed by atoms with Crippen molar-refractivity contribution in [2.24, 2.45) is 5.92 Å². The lowest BCUT2D eigenvalue weighted by Gasteiger charge is -2.36. The van der Waals surface area contributed by atoms with E-state index in [-0.39, 0.29) is 0 Å². The largest absolute Gasteiger partial charge is 0.274 e. The van der Waals surface area contributed by atoms with Crippen LogP contribution in [0.5, 0.6) is 0 Å². The monoisotopic (exact) mass is 327 g/mol. The molecule has 1 aliphatic carbocycles. The van der Waals surface area contributed by atoms with Crippen molar-refractivity contribution in [1.82, 2.24) is 4.72 Å². The highest BCUT2D eigenvalue weighted by molar-refractivity contribution is 8.44. The van der Waals surface area contributed by atoms with E-state index in [9.17, 15) is 0 Å². The van der Waals surface area contributed by atoms with Crippen molar-refractivity contribution in [3.63, 3.8) is 0 Å². The third kappa shape index (κ3) is 3.34. The summed E-state index contributed by atoms with van der Waals surface area (Å²) in [6.07, 6.45) is 9.35. The molecular weight excluding hydrogens is 298 g/mol. The molecule has 1 nitrogen and oxygen atoms in total. The normalized spacial score (nSPS) is 27.3. The molecule has 1 aromatic rings. The van der Waals surface area contributed by atoms with E-state index in [4.69, 9.17) is 0 Å². The molecule has 1 atom stereocenters. The summed E-state index contributed by atoms with van der Waals surface area (Å²) >= 11 is 0. The third-order valence-corrected chi connectivity index (χ3v) is 8.24. The van der Waals surface area contributed by atoms with Crippen LogP contribution in [0.25, 0.3) is 4.91 Å². The summed E-state index contributed by atoms with van der Waals surface area (Å²) in [7, 11) is 0.913. The van der Waals surface area contributed by atoms with Gasteiger partial charge in [-0.2, -0.15) is 0 Å². The van der Waals surface area contributed by atoms with Crippen LogP contribution in [0.2, 0.25) is 0 Å². The van der Waals surface area contributed by atoms with Crippen LogP contribution < -0.4 is 4.72 Å². The van der Waals surface area contributed by atoms with Gasteiger partial charge in [0.1, 0.15) is 0 Å². The second-order valence-electron chi connectivity index (χ2n) is 6.86. The highest BCUT2D eigenvalue weighted by Crippen LogP contribution is 2.64. The van der Waals surface area contributed by atoms with Crippen molar-refractivity contribution in [3.05, 3.63) is 63.9 Å². The Balaban J connectivity index is 1.99.